The van der Waals surface area contributed by atoms with E-state index in [1.165, 1.54) is 0 Å². The van der Waals surface area contributed by atoms with E-state index in [4.69, 9.17) is 9.47 Å². The Morgan fingerprint density at radius 3 is 2.73 bits per heavy atom. The zero-order valence-corrected chi connectivity index (χ0v) is 6.07. The zero-order valence-electron chi connectivity index (χ0n) is 6.07. The first-order valence-electron chi connectivity index (χ1n) is 3.58. The lowest BCUT2D eigenvalue weighted by atomic mass is 10.0. The molecule has 0 unspecified atom stereocenters. The minimum Gasteiger partial charge on any atom is -0.458 e. The van der Waals surface area contributed by atoms with E-state index in [9.17, 15) is 9.59 Å². The van der Waals surface area contributed by atoms with Gasteiger partial charge in [0.1, 0.15) is 12.0 Å². The van der Waals surface area contributed by atoms with Gasteiger partial charge in [0.25, 0.3) is 0 Å². The molecule has 0 radical (unpaired) electrons. The van der Waals surface area contributed by atoms with Crippen LogP contribution in [0.25, 0.3) is 0 Å². The van der Waals surface area contributed by atoms with Gasteiger partial charge in [0.2, 0.25) is 0 Å². The molecule has 4 nitrogen and oxygen atoms in total. The first kappa shape index (κ1) is 6.64. The van der Waals surface area contributed by atoms with E-state index in [0.29, 0.717) is 0 Å². The van der Waals surface area contributed by atoms with E-state index < -0.39 is 0 Å². The largest absolute Gasteiger partial charge is 0.458 e. The van der Waals surface area contributed by atoms with Gasteiger partial charge in [0.05, 0.1) is 6.42 Å². The summed E-state index contributed by atoms with van der Waals surface area (Å²) >= 11 is 0. The molecular formula is C7H8O4. The van der Waals surface area contributed by atoms with Crippen LogP contribution in [0.4, 0.5) is 0 Å². The predicted octanol–water partition coefficient (Wildman–Crippen LogP) is -0.137. The lowest BCUT2D eigenvalue weighted by Crippen LogP contribution is -2.21. The van der Waals surface area contributed by atoms with Gasteiger partial charge in [-0.2, -0.15) is 0 Å². The summed E-state index contributed by atoms with van der Waals surface area (Å²) in [5, 5.41) is 0. The first-order chi connectivity index (χ1) is 5.18. The summed E-state index contributed by atoms with van der Waals surface area (Å²) in [6.07, 6.45) is -0.401. The quantitative estimate of drug-likeness (QED) is 0.458. The average Bonchev–Trinajstić information content (AvgIpc) is 2.38. The molecule has 0 aromatic heterocycles. The molecule has 0 spiro atoms. The Hall–Kier alpha value is -1.06. The summed E-state index contributed by atoms with van der Waals surface area (Å²) in [5.74, 6) is -0.922. The molecule has 0 bridgehead atoms. The van der Waals surface area contributed by atoms with E-state index in [2.05, 4.69) is 0 Å². The van der Waals surface area contributed by atoms with Crippen LogP contribution in [0.2, 0.25) is 0 Å². The maximum atomic E-state index is 11.0. The Morgan fingerprint density at radius 2 is 2.09 bits per heavy atom. The molecule has 2 heterocycles. The molecule has 4 heteroatoms. The molecular weight excluding hydrogens is 148 g/mol. The van der Waals surface area contributed by atoms with E-state index in [1.807, 2.05) is 0 Å². The van der Waals surface area contributed by atoms with Gasteiger partial charge in [-0.15, -0.1) is 0 Å². The number of hydrogen-bond acceptors (Lipinski definition) is 4. The Morgan fingerprint density at radius 1 is 1.36 bits per heavy atom. The van der Waals surface area contributed by atoms with Crippen LogP contribution in [0.3, 0.4) is 0 Å². The molecule has 3 atom stereocenters. The minimum absolute atomic E-state index is 0.188. The Kier molecular flexibility index (Phi) is 1.19. The van der Waals surface area contributed by atoms with Crippen LogP contribution in [-0.2, 0) is 19.1 Å². The highest BCUT2D eigenvalue weighted by molar-refractivity contribution is 5.85. The van der Waals surface area contributed by atoms with Crippen LogP contribution in [0.15, 0.2) is 0 Å². The topological polar surface area (TPSA) is 52.6 Å². The second kappa shape index (κ2) is 1.96. The minimum atomic E-state index is -0.336. The zero-order chi connectivity index (χ0) is 8.01. The summed E-state index contributed by atoms with van der Waals surface area (Å²) < 4.78 is 9.74. The molecule has 60 valence electrons. The normalized spacial score (nSPS) is 41.7. The number of fused-ring (bicyclic) bond motifs is 1. The summed E-state index contributed by atoms with van der Waals surface area (Å²) in [6.45, 7) is 1.74. The average molecular weight is 156 g/mol. The summed E-state index contributed by atoms with van der Waals surface area (Å²) in [5.41, 5.74) is 0. The van der Waals surface area contributed by atoms with E-state index >= 15 is 0 Å². The number of carbonyl (C=O) groups is 2. The number of esters is 2. The van der Waals surface area contributed by atoms with E-state index in [-0.39, 0.29) is 36.5 Å². The van der Waals surface area contributed by atoms with Crippen LogP contribution in [0.1, 0.15) is 13.3 Å². The molecule has 2 saturated heterocycles. The van der Waals surface area contributed by atoms with Crippen molar-refractivity contribution in [1.29, 1.82) is 0 Å². The number of rotatable bonds is 0. The number of carbonyl (C=O) groups excluding carboxylic acids is 2. The molecule has 0 amide bonds. The maximum absolute atomic E-state index is 11.0. The maximum Gasteiger partial charge on any atom is 0.313 e. The van der Waals surface area contributed by atoms with Gasteiger partial charge in [0.15, 0.2) is 6.10 Å². The van der Waals surface area contributed by atoms with Gasteiger partial charge in [-0.25, -0.2) is 0 Å². The Balaban J connectivity index is 2.23. The van der Waals surface area contributed by atoms with Crippen molar-refractivity contribution in [2.75, 3.05) is 0 Å². The fourth-order valence-corrected chi connectivity index (χ4v) is 1.56. The number of cyclic esters (lactones) is 1. The Labute approximate surface area is 63.5 Å². The highest BCUT2D eigenvalue weighted by Crippen LogP contribution is 2.32. The molecule has 2 aliphatic heterocycles. The van der Waals surface area contributed by atoms with Gasteiger partial charge < -0.3 is 9.47 Å². The predicted molar refractivity (Wildman–Crippen MR) is 33.5 cm³/mol. The van der Waals surface area contributed by atoms with Crippen LogP contribution in [-0.4, -0.2) is 24.1 Å². The van der Waals surface area contributed by atoms with Crippen molar-refractivity contribution in [2.24, 2.45) is 5.92 Å². The summed E-state index contributed by atoms with van der Waals surface area (Å²) in [7, 11) is 0. The van der Waals surface area contributed by atoms with Crippen LogP contribution >= 0.6 is 0 Å². The van der Waals surface area contributed by atoms with Crippen LogP contribution in [0, 0.1) is 5.92 Å². The SMILES string of the molecule is C[C@@H]1OC(=O)[C@H]2CC(=O)O[C@@H]12. The molecule has 2 rings (SSSR count). The molecule has 0 N–H and O–H groups in total. The fraction of sp³-hybridized carbons (Fsp3) is 0.714. The van der Waals surface area contributed by atoms with Crippen molar-refractivity contribution in [3.05, 3.63) is 0 Å². The van der Waals surface area contributed by atoms with Crippen molar-refractivity contribution in [1.82, 2.24) is 0 Å². The fourth-order valence-electron chi connectivity index (χ4n) is 1.56. The molecule has 0 saturated carbocycles. The van der Waals surface area contributed by atoms with Crippen LogP contribution < -0.4 is 0 Å². The lowest BCUT2D eigenvalue weighted by Gasteiger charge is -2.08. The van der Waals surface area contributed by atoms with Crippen molar-refractivity contribution in [3.63, 3.8) is 0 Å². The third-order valence-electron chi connectivity index (χ3n) is 2.12. The van der Waals surface area contributed by atoms with Gasteiger partial charge in [0, 0.05) is 0 Å². The smallest absolute Gasteiger partial charge is 0.313 e. The molecule has 11 heavy (non-hydrogen) atoms. The van der Waals surface area contributed by atoms with Crippen LogP contribution in [0.5, 0.6) is 0 Å². The second-order valence-electron chi connectivity index (χ2n) is 2.91. The van der Waals surface area contributed by atoms with Gasteiger partial charge in [-0.05, 0) is 6.92 Å². The molecule has 2 fully saturated rings. The van der Waals surface area contributed by atoms with Gasteiger partial charge in [-0.1, -0.05) is 0 Å². The molecule has 2 aliphatic rings. The second-order valence-corrected chi connectivity index (χ2v) is 2.91. The lowest BCUT2D eigenvalue weighted by molar-refractivity contribution is -0.151. The highest BCUT2D eigenvalue weighted by Gasteiger charge is 2.50. The van der Waals surface area contributed by atoms with E-state index in [0.717, 1.165) is 0 Å². The summed E-state index contributed by atoms with van der Waals surface area (Å²) in [6, 6.07) is 0. The monoisotopic (exact) mass is 156 g/mol. The number of ether oxygens (including phenoxy) is 2. The van der Waals surface area contributed by atoms with Crippen molar-refractivity contribution >= 4 is 11.9 Å². The summed E-state index contributed by atoms with van der Waals surface area (Å²) in [4.78, 5) is 21.7. The highest BCUT2D eigenvalue weighted by atomic mass is 16.6. The molecule has 0 aromatic rings. The Bertz CT molecular complexity index is 222. The third-order valence-corrected chi connectivity index (χ3v) is 2.12. The first-order valence-corrected chi connectivity index (χ1v) is 3.58. The number of hydrogen-bond donors (Lipinski definition) is 0. The third kappa shape index (κ3) is 0.818. The van der Waals surface area contributed by atoms with E-state index in [1.54, 1.807) is 6.92 Å². The molecule has 0 aromatic carbocycles. The van der Waals surface area contributed by atoms with Gasteiger partial charge >= 0.3 is 11.9 Å². The molecule has 0 aliphatic carbocycles. The van der Waals surface area contributed by atoms with Crippen molar-refractivity contribution in [2.45, 2.75) is 25.6 Å². The van der Waals surface area contributed by atoms with Crippen molar-refractivity contribution < 1.29 is 19.1 Å². The van der Waals surface area contributed by atoms with Crippen molar-refractivity contribution in [3.8, 4) is 0 Å². The standard InChI is InChI=1S/C7H8O4/c1-3-6-4(7(9)10-3)2-5(8)11-6/h3-4,6H,2H2,1H3/t3-,4-,6-/m0/s1. The van der Waals surface area contributed by atoms with Gasteiger partial charge in [-0.3, -0.25) is 9.59 Å².